The summed E-state index contributed by atoms with van der Waals surface area (Å²) in [5, 5.41) is 14.4. The van der Waals surface area contributed by atoms with Crippen molar-refractivity contribution in [3.05, 3.63) is 113 Å². The molecule has 0 aromatic heterocycles. The van der Waals surface area contributed by atoms with E-state index in [2.05, 4.69) is 10.1 Å². The fraction of sp³-hybridized carbons (Fsp3) is 0.148. The molecule has 2 atom stereocenters. The van der Waals surface area contributed by atoms with Crippen molar-refractivity contribution < 1.29 is 36.6 Å². The molecule has 0 aliphatic carbocycles. The number of carbonyl (C=O) groups is 1. The molecule has 4 aromatic carbocycles. The average Bonchev–Trinajstić information content (AvgIpc) is 2.84. The second-order valence-electron chi connectivity index (χ2n) is 8.11. The van der Waals surface area contributed by atoms with Gasteiger partial charge in [-0.3, -0.25) is 4.79 Å². The smallest absolute Gasteiger partial charge is 0.406 e. The molecule has 186 valence electrons. The van der Waals surface area contributed by atoms with Gasteiger partial charge in [0, 0.05) is 10.9 Å². The summed E-state index contributed by atoms with van der Waals surface area (Å²) in [6.45, 7) is 0. The van der Waals surface area contributed by atoms with Crippen LogP contribution in [0.5, 0.6) is 5.75 Å². The Kier molecular flexibility index (Phi) is 7.21. The lowest BCUT2D eigenvalue weighted by Gasteiger charge is -2.25. The zero-order chi connectivity index (χ0) is 25.9. The van der Waals surface area contributed by atoms with Gasteiger partial charge in [-0.2, -0.15) is 0 Å². The molecule has 9 heteroatoms. The third-order valence-electron chi connectivity index (χ3n) is 5.64. The Bertz CT molecular complexity index is 1350. The first kappa shape index (κ1) is 25.1. The number of hydrogen-bond acceptors (Lipinski definition) is 3. The van der Waals surface area contributed by atoms with Gasteiger partial charge in [0.05, 0.1) is 12.1 Å². The van der Waals surface area contributed by atoms with Gasteiger partial charge < -0.3 is 15.2 Å². The van der Waals surface area contributed by atoms with Gasteiger partial charge in [0.2, 0.25) is 0 Å². The van der Waals surface area contributed by atoms with E-state index in [0.29, 0.717) is 16.5 Å². The monoisotopic (exact) mass is 501 g/mol. The molecule has 0 bridgehead atoms. The number of alkyl halides is 3. The summed E-state index contributed by atoms with van der Waals surface area (Å²) in [7, 11) is 0. The van der Waals surface area contributed by atoms with Crippen LogP contribution < -0.4 is 10.1 Å². The molecule has 0 aliphatic heterocycles. The van der Waals surface area contributed by atoms with Crippen LogP contribution in [-0.2, 0) is 6.42 Å². The zero-order valence-electron chi connectivity index (χ0n) is 18.6. The lowest BCUT2D eigenvalue weighted by atomic mass is 9.95. The molecule has 36 heavy (non-hydrogen) atoms. The summed E-state index contributed by atoms with van der Waals surface area (Å²) in [4.78, 5) is 13.2. The van der Waals surface area contributed by atoms with E-state index in [0.717, 1.165) is 24.3 Å². The highest BCUT2D eigenvalue weighted by molar-refractivity contribution is 6.07. The standard InChI is InChI=1S/C27H20F5NO3/c28-18-9-7-17(8-10-18)25(34)24(15-16-5-11-19(12-6-16)36-27(30,31)32)33-26(35)22-13-14-23(29)21-4-2-1-3-20(21)22/h1-14,24-25,34H,15H2,(H,33,35). The number of rotatable bonds is 7. The fourth-order valence-electron chi connectivity index (χ4n) is 3.92. The van der Waals surface area contributed by atoms with Crippen LogP contribution in [0.3, 0.4) is 0 Å². The predicted molar refractivity (Wildman–Crippen MR) is 123 cm³/mol. The summed E-state index contributed by atoms with van der Waals surface area (Å²) >= 11 is 0. The van der Waals surface area contributed by atoms with Gasteiger partial charge in [-0.1, -0.05) is 48.5 Å². The van der Waals surface area contributed by atoms with Crippen molar-refractivity contribution in [3.63, 3.8) is 0 Å². The molecule has 4 aromatic rings. The Morgan fingerprint density at radius 3 is 2.14 bits per heavy atom. The molecule has 2 N–H and O–H groups in total. The second kappa shape index (κ2) is 10.3. The summed E-state index contributed by atoms with van der Waals surface area (Å²) < 4.78 is 68.9. The van der Waals surface area contributed by atoms with E-state index in [4.69, 9.17) is 0 Å². The number of benzene rings is 4. The van der Waals surface area contributed by atoms with Crippen molar-refractivity contribution >= 4 is 16.7 Å². The van der Waals surface area contributed by atoms with E-state index in [1.54, 1.807) is 18.2 Å². The van der Waals surface area contributed by atoms with Gasteiger partial charge in [-0.05, 0) is 59.3 Å². The van der Waals surface area contributed by atoms with Crippen molar-refractivity contribution in [2.45, 2.75) is 24.9 Å². The number of amides is 1. The van der Waals surface area contributed by atoms with E-state index in [9.17, 15) is 31.9 Å². The van der Waals surface area contributed by atoms with Crippen LogP contribution in [0.1, 0.15) is 27.6 Å². The number of hydrogen-bond donors (Lipinski definition) is 2. The first-order valence-corrected chi connectivity index (χ1v) is 10.9. The SMILES string of the molecule is O=C(NC(Cc1ccc(OC(F)(F)F)cc1)C(O)c1ccc(F)cc1)c1ccc(F)c2ccccc12. The Morgan fingerprint density at radius 1 is 0.861 bits per heavy atom. The maximum Gasteiger partial charge on any atom is 0.573 e. The minimum atomic E-state index is -4.84. The van der Waals surface area contributed by atoms with Gasteiger partial charge in [-0.25, -0.2) is 8.78 Å². The highest BCUT2D eigenvalue weighted by Crippen LogP contribution is 2.26. The van der Waals surface area contributed by atoms with Crippen LogP contribution in [0.2, 0.25) is 0 Å². The summed E-state index contributed by atoms with van der Waals surface area (Å²) in [5.41, 5.74) is 1.000. The molecule has 0 aliphatic rings. The molecule has 0 saturated heterocycles. The summed E-state index contributed by atoms with van der Waals surface area (Å²) in [6.07, 6.45) is -6.10. The van der Waals surface area contributed by atoms with Crippen molar-refractivity contribution in [1.29, 1.82) is 0 Å². The number of nitrogens with one attached hydrogen (secondary N) is 1. The molecule has 0 saturated carbocycles. The van der Waals surface area contributed by atoms with Crippen molar-refractivity contribution in [3.8, 4) is 5.75 Å². The molecule has 0 heterocycles. The molecule has 0 fully saturated rings. The second-order valence-corrected chi connectivity index (χ2v) is 8.11. The molecule has 0 radical (unpaired) electrons. The van der Waals surface area contributed by atoms with Crippen LogP contribution in [0, 0.1) is 11.6 Å². The first-order chi connectivity index (χ1) is 17.1. The first-order valence-electron chi connectivity index (χ1n) is 10.9. The fourth-order valence-corrected chi connectivity index (χ4v) is 3.92. The molecule has 4 nitrogen and oxygen atoms in total. The normalized spacial score (nSPS) is 13.3. The van der Waals surface area contributed by atoms with E-state index in [1.807, 2.05) is 0 Å². The molecule has 2 unspecified atom stereocenters. The van der Waals surface area contributed by atoms with Crippen LogP contribution in [0.25, 0.3) is 10.8 Å². The van der Waals surface area contributed by atoms with E-state index < -0.39 is 41.8 Å². The minimum absolute atomic E-state index is 0.0235. The Morgan fingerprint density at radius 2 is 1.50 bits per heavy atom. The van der Waals surface area contributed by atoms with Crippen molar-refractivity contribution in [2.24, 2.45) is 0 Å². The third-order valence-corrected chi connectivity index (χ3v) is 5.64. The molecule has 1 amide bonds. The van der Waals surface area contributed by atoms with Gasteiger partial charge >= 0.3 is 6.36 Å². The molecular formula is C27H20F5NO3. The number of carbonyl (C=O) groups excluding carboxylic acids is 1. The summed E-state index contributed by atoms with van der Waals surface area (Å²) in [5.74, 6) is -2.01. The average molecular weight is 501 g/mol. The highest BCUT2D eigenvalue weighted by atomic mass is 19.4. The van der Waals surface area contributed by atoms with Crippen LogP contribution in [0.4, 0.5) is 22.0 Å². The number of fused-ring (bicyclic) bond motifs is 1. The van der Waals surface area contributed by atoms with Crippen LogP contribution >= 0.6 is 0 Å². The van der Waals surface area contributed by atoms with Gasteiger partial charge in [0.1, 0.15) is 17.4 Å². The maximum atomic E-state index is 14.2. The van der Waals surface area contributed by atoms with E-state index in [-0.39, 0.29) is 17.4 Å². The van der Waals surface area contributed by atoms with Crippen LogP contribution in [-0.4, -0.2) is 23.4 Å². The quantitative estimate of drug-likeness (QED) is 0.301. The third kappa shape index (κ3) is 5.98. The Labute approximate surface area is 202 Å². The van der Waals surface area contributed by atoms with Crippen molar-refractivity contribution in [2.75, 3.05) is 0 Å². The predicted octanol–water partition coefficient (Wildman–Crippen LogP) is 6.09. The van der Waals surface area contributed by atoms with Gasteiger partial charge in [0.25, 0.3) is 5.91 Å². The lowest BCUT2D eigenvalue weighted by molar-refractivity contribution is -0.274. The lowest BCUT2D eigenvalue weighted by Crippen LogP contribution is -2.41. The molecule has 4 rings (SSSR count). The Hall–Kier alpha value is -3.98. The van der Waals surface area contributed by atoms with Gasteiger partial charge in [-0.15, -0.1) is 13.2 Å². The van der Waals surface area contributed by atoms with Gasteiger partial charge in [0.15, 0.2) is 0 Å². The van der Waals surface area contributed by atoms with E-state index >= 15 is 0 Å². The molecule has 0 spiro atoms. The van der Waals surface area contributed by atoms with Crippen LogP contribution in [0.15, 0.2) is 84.9 Å². The number of aliphatic hydroxyl groups is 1. The van der Waals surface area contributed by atoms with E-state index in [1.165, 1.54) is 42.5 Å². The summed E-state index contributed by atoms with van der Waals surface area (Å²) in [6, 6.07) is 18.0. The number of aliphatic hydroxyl groups excluding tert-OH is 1. The largest absolute Gasteiger partial charge is 0.573 e. The Balaban J connectivity index is 1.63. The maximum absolute atomic E-state index is 14.2. The zero-order valence-corrected chi connectivity index (χ0v) is 18.6. The highest BCUT2D eigenvalue weighted by Gasteiger charge is 2.31. The minimum Gasteiger partial charge on any atom is -0.406 e. The van der Waals surface area contributed by atoms with Crippen molar-refractivity contribution in [1.82, 2.24) is 5.32 Å². The number of halogens is 5. The number of ether oxygens (including phenoxy) is 1. The topological polar surface area (TPSA) is 58.6 Å². The molecular weight excluding hydrogens is 481 g/mol.